The van der Waals surface area contributed by atoms with Gasteiger partial charge in [-0.3, -0.25) is 14.4 Å². The molecular formula is C61H92O6. The van der Waals surface area contributed by atoms with Crippen molar-refractivity contribution >= 4 is 17.9 Å². The fourth-order valence-electron chi connectivity index (χ4n) is 6.38. The third kappa shape index (κ3) is 51.9. The first-order valence-electron chi connectivity index (χ1n) is 26.1. The van der Waals surface area contributed by atoms with Crippen molar-refractivity contribution in [1.82, 2.24) is 0 Å². The highest BCUT2D eigenvalue weighted by molar-refractivity contribution is 5.71. The molecule has 0 aliphatic heterocycles. The van der Waals surface area contributed by atoms with Crippen molar-refractivity contribution in [3.63, 3.8) is 0 Å². The van der Waals surface area contributed by atoms with Crippen molar-refractivity contribution in [2.75, 3.05) is 13.2 Å². The maximum Gasteiger partial charge on any atom is 0.306 e. The molecule has 0 fully saturated rings. The first kappa shape index (κ1) is 62.0. The summed E-state index contributed by atoms with van der Waals surface area (Å²) >= 11 is 0. The Balaban J connectivity index is 4.64. The molecule has 0 aromatic heterocycles. The molecule has 0 bridgehead atoms. The average molecular weight is 921 g/mol. The molecule has 1 atom stereocenters. The molecule has 0 saturated carbocycles. The normalized spacial score (nSPS) is 13.4. The molecule has 0 aliphatic rings. The Kier molecular flexibility index (Phi) is 49.7. The lowest BCUT2D eigenvalue weighted by molar-refractivity contribution is -0.167. The summed E-state index contributed by atoms with van der Waals surface area (Å²) in [5, 5.41) is 0. The third-order valence-corrected chi connectivity index (χ3v) is 10.3. The predicted octanol–water partition coefficient (Wildman–Crippen LogP) is 17.4. The molecule has 0 amide bonds. The van der Waals surface area contributed by atoms with E-state index in [9.17, 15) is 14.4 Å². The number of carbonyl (C=O) groups excluding carboxylic acids is 3. The summed E-state index contributed by atoms with van der Waals surface area (Å²) in [6.45, 7) is 6.22. The van der Waals surface area contributed by atoms with Gasteiger partial charge >= 0.3 is 17.9 Å². The number of ether oxygens (including phenoxy) is 3. The van der Waals surface area contributed by atoms with Gasteiger partial charge in [0.1, 0.15) is 13.2 Å². The summed E-state index contributed by atoms with van der Waals surface area (Å²) in [4.78, 5) is 38.0. The molecule has 6 nitrogen and oxygen atoms in total. The van der Waals surface area contributed by atoms with Crippen LogP contribution in [0.4, 0.5) is 0 Å². The Morgan fingerprint density at radius 1 is 0.328 bits per heavy atom. The molecule has 0 saturated heterocycles. The second kappa shape index (κ2) is 53.6. The average Bonchev–Trinajstić information content (AvgIpc) is 3.33. The monoisotopic (exact) mass is 921 g/mol. The third-order valence-electron chi connectivity index (χ3n) is 10.3. The fourth-order valence-corrected chi connectivity index (χ4v) is 6.38. The van der Waals surface area contributed by atoms with E-state index in [0.29, 0.717) is 19.3 Å². The quantitative estimate of drug-likeness (QED) is 0.0199. The van der Waals surface area contributed by atoms with Crippen LogP contribution in [0.5, 0.6) is 0 Å². The molecule has 0 aromatic carbocycles. The van der Waals surface area contributed by atoms with Gasteiger partial charge in [0.05, 0.1) is 0 Å². The molecule has 6 heteroatoms. The summed E-state index contributed by atoms with van der Waals surface area (Å²) in [5.74, 6) is -1.07. The van der Waals surface area contributed by atoms with E-state index in [4.69, 9.17) is 14.2 Å². The number of allylic oxidation sites excluding steroid dienone is 26. The van der Waals surface area contributed by atoms with E-state index in [2.05, 4.69) is 93.7 Å². The largest absolute Gasteiger partial charge is 0.462 e. The smallest absolute Gasteiger partial charge is 0.306 e. The predicted molar refractivity (Wildman–Crippen MR) is 288 cm³/mol. The highest BCUT2D eigenvalue weighted by Crippen LogP contribution is 2.12. The van der Waals surface area contributed by atoms with Crippen LogP contribution in [0.3, 0.4) is 0 Å². The number of carbonyl (C=O) groups is 3. The van der Waals surface area contributed by atoms with Gasteiger partial charge in [-0.15, -0.1) is 0 Å². The zero-order valence-electron chi connectivity index (χ0n) is 42.3. The van der Waals surface area contributed by atoms with Gasteiger partial charge in [-0.1, -0.05) is 237 Å². The Labute approximate surface area is 409 Å². The van der Waals surface area contributed by atoms with Crippen LogP contribution in [-0.4, -0.2) is 37.2 Å². The van der Waals surface area contributed by atoms with Crippen molar-refractivity contribution in [3.05, 3.63) is 158 Å². The fraction of sp³-hybridized carbons (Fsp3) is 0.525. The van der Waals surface area contributed by atoms with Gasteiger partial charge in [0.25, 0.3) is 0 Å². The summed E-state index contributed by atoms with van der Waals surface area (Å²) in [6.07, 6.45) is 78.0. The molecule has 372 valence electrons. The van der Waals surface area contributed by atoms with Crippen molar-refractivity contribution in [1.29, 1.82) is 0 Å². The number of esters is 3. The summed E-state index contributed by atoms with van der Waals surface area (Å²) in [6, 6.07) is 0. The van der Waals surface area contributed by atoms with Crippen molar-refractivity contribution in [2.24, 2.45) is 0 Å². The van der Waals surface area contributed by atoms with E-state index in [0.717, 1.165) is 89.9 Å². The maximum atomic E-state index is 12.8. The Morgan fingerprint density at radius 2 is 0.657 bits per heavy atom. The molecule has 0 spiro atoms. The lowest BCUT2D eigenvalue weighted by Gasteiger charge is -2.18. The van der Waals surface area contributed by atoms with Gasteiger partial charge in [0.2, 0.25) is 0 Å². The summed E-state index contributed by atoms with van der Waals surface area (Å²) in [7, 11) is 0. The molecule has 1 unspecified atom stereocenters. The van der Waals surface area contributed by atoms with Crippen LogP contribution in [0, 0.1) is 0 Å². The number of hydrogen-bond donors (Lipinski definition) is 0. The van der Waals surface area contributed by atoms with E-state index < -0.39 is 6.10 Å². The van der Waals surface area contributed by atoms with E-state index in [-0.39, 0.29) is 44.0 Å². The minimum Gasteiger partial charge on any atom is -0.462 e. The van der Waals surface area contributed by atoms with Crippen LogP contribution >= 0.6 is 0 Å². The van der Waals surface area contributed by atoms with Crippen LogP contribution in [0.2, 0.25) is 0 Å². The van der Waals surface area contributed by atoms with Crippen LogP contribution in [0.15, 0.2) is 158 Å². The van der Waals surface area contributed by atoms with Gasteiger partial charge in [0.15, 0.2) is 6.10 Å². The van der Waals surface area contributed by atoms with Crippen molar-refractivity contribution in [3.8, 4) is 0 Å². The van der Waals surface area contributed by atoms with Crippen LogP contribution in [0.25, 0.3) is 0 Å². The lowest BCUT2D eigenvalue weighted by atomic mass is 10.1. The van der Waals surface area contributed by atoms with Crippen molar-refractivity contribution < 1.29 is 28.6 Å². The van der Waals surface area contributed by atoms with Crippen molar-refractivity contribution in [2.45, 2.75) is 194 Å². The Morgan fingerprint density at radius 3 is 1.10 bits per heavy atom. The first-order valence-corrected chi connectivity index (χ1v) is 26.1. The minimum atomic E-state index is -0.841. The molecular weight excluding hydrogens is 829 g/mol. The molecule has 67 heavy (non-hydrogen) atoms. The number of hydrogen-bond acceptors (Lipinski definition) is 6. The first-order chi connectivity index (χ1) is 33.0. The topological polar surface area (TPSA) is 78.9 Å². The molecule has 0 aromatic rings. The molecule has 0 heterocycles. The van der Waals surface area contributed by atoms with Crippen LogP contribution in [-0.2, 0) is 28.6 Å². The second-order valence-corrected chi connectivity index (χ2v) is 16.6. The molecule has 0 aliphatic carbocycles. The zero-order valence-corrected chi connectivity index (χ0v) is 42.3. The van der Waals surface area contributed by atoms with Gasteiger partial charge in [-0.05, 0) is 89.9 Å². The highest BCUT2D eigenvalue weighted by Gasteiger charge is 2.19. The molecule has 0 radical (unpaired) electrons. The van der Waals surface area contributed by atoms with Gasteiger partial charge < -0.3 is 14.2 Å². The maximum absolute atomic E-state index is 12.8. The van der Waals surface area contributed by atoms with E-state index >= 15 is 0 Å². The summed E-state index contributed by atoms with van der Waals surface area (Å²) in [5.41, 5.74) is 0. The number of unbranched alkanes of at least 4 members (excludes halogenated alkanes) is 15. The second-order valence-electron chi connectivity index (χ2n) is 16.6. The minimum absolute atomic E-state index is 0.133. The van der Waals surface area contributed by atoms with E-state index in [1.54, 1.807) is 0 Å². The molecule has 0 rings (SSSR count). The Bertz CT molecular complexity index is 1570. The Hall–Kier alpha value is -4.97. The number of rotatable bonds is 44. The van der Waals surface area contributed by atoms with Crippen LogP contribution < -0.4 is 0 Å². The zero-order chi connectivity index (χ0) is 48.6. The highest BCUT2D eigenvalue weighted by atomic mass is 16.6. The lowest BCUT2D eigenvalue weighted by Crippen LogP contribution is -2.30. The standard InChI is InChI=1S/C61H92O6/c1-4-7-10-13-16-19-22-25-28-30-33-36-39-42-45-48-51-54-60(63)66-57-58(56-65-59(62)53-50-47-44-41-38-35-32-27-24-21-18-15-12-9-6-3)67-61(64)55-52-49-46-43-40-37-34-31-29-26-23-20-17-14-11-8-5-2/h7,9-10,12-13,15-16,18-19,21-22,24-30,32-34,36-37,39,43,46,58H,4-6,8,11,14,17,20,23,31,35,38,40-42,44-45,47-57H2,1-3H3/b10-7-,12-9-,16-13-,18-15-,22-19-,24-21-,28-25-,29-26-,32-27-,33-30+,37-34-,39-36-,46-43-. The van der Waals surface area contributed by atoms with E-state index in [1.807, 2.05) is 85.1 Å². The summed E-state index contributed by atoms with van der Waals surface area (Å²) < 4.78 is 16.7. The van der Waals surface area contributed by atoms with Gasteiger partial charge in [-0.2, -0.15) is 0 Å². The van der Waals surface area contributed by atoms with E-state index in [1.165, 1.54) is 44.9 Å². The SMILES string of the molecule is CC\C=C/C=C\C=C/C=C\C=C\C=C/CCCCCC(=O)OCC(COC(=O)CCCCCCC\C=C/C=C\C=C/C=C\CC)OC(=O)CCC/C=C\C/C=C\C/C=C\CCCCCCCC. The van der Waals surface area contributed by atoms with Gasteiger partial charge in [-0.25, -0.2) is 0 Å². The molecule has 0 N–H and O–H groups in total. The van der Waals surface area contributed by atoms with Gasteiger partial charge in [0, 0.05) is 19.3 Å². The van der Waals surface area contributed by atoms with Crippen LogP contribution in [0.1, 0.15) is 188 Å².